The molecule has 20 heavy (non-hydrogen) atoms. The van der Waals surface area contributed by atoms with E-state index < -0.39 is 5.60 Å². The van der Waals surface area contributed by atoms with Crippen molar-refractivity contribution in [3.05, 3.63) is 15.1 Å². The first kappa shape index (κ1) is 15.9. The minimum absolute atomic E-state index is 0.406. The Balaban J connectivity index is 2.46. The molecule has 1 aliphatic rings. The highest BCUT2D eigenvalue weighted by molar-refractivity contribution is 14.1. The molecule has 0 spiro atoms. The van der Waals surface area contributed by atoms with E-state index in [2.05, 4.69) is 34.8 Å². The van der Waals surface area contributed by atoms with Gasteiger partial charge in [-0.3, -0.25) is 0 Å². The zero-order chi connectivity index (χ0) is 14.6. The Bertz CT molecular complexity index is 462. The van der Waals surface area contributed by atoms with Crippen LogP contribution in [0.15, 0.2) is 0 Å². The maximum Gasteiger partial charge on any atom is 0.163 e. The van der Waals surface area contributed by atoms with Gasteiger partial charge in [-0.05, 0) is 29.0 Å². The van der Waals surface area contributed by atoms with Gasteiger partial charge in [-0.25, -0.2) is 9.97 Å². The van der Waals surface area contributed by atoms with E-state index in [4.69, 9.17) is 19.4 Å². The highest BCUT2D eigenvalue weighted by Crippen LogP contribution is 2.35. The SMILES string of the molecule is CCCc1nc(C2(OC)CCOCC2)nc(NC)c1I. The van der Waals surface area contributed by atoms with Gasteiger partial charge in [0, 0.05) is 40.2 Å². The van der Waals surface area contributed by atoms with Gasteiger partial charge in [-0.1, -0.05) is 13.3 Å². The summed E-state index contributed by atoms with van der Waals surface area (Å²) in [5, 5.41) is 3.17. The summed E-state index contributed by atoms with van der Waals surface area (Å²) in [4.78, 5) is 9.49. The second-order valence-corrected chi connectivity index (χ2v) is 6.05. The fourth-order valence-electron chi connectivity index (χ4n) is 2.49. The van der Waals surface area contributed by atoms with Gasteiger partial charge in [-0.15, -0.1) is 0 Å². The van der Waals surface area contributed by atoms with Crippen LogP contribution < -0.4 is 5.32 Å². The summed E-state index contributed by atoms with van der Waals surface area (Å²) in [7, 11) is 3.64. The molecule has 1 fully saturated rings. The predicted octanol–water partition coefficient (Wildman–Crippen LogP) is 2.73. The van der Waals surface area contributed by atoms with Crippen LogP contribution in [0.4, 0.5) is 5.82 Å². The fraction of sp³-hybridized carbons (Fsp3) is 0.714. The van der Waals surface area contributed by atoms with E-state index in [0.717, 1.165) is 46.6 Å². The molecule has 0 saturated carbocycles. The second kappa shape index (κ2) is 7.00. The number of aryl methyl sites for hydroxylation is 1. The van der Waals surface area contributed by atoms with Gasteiger partial charge >= 0.3 is 0 Å². The number of anilines is 1. The summed E-state index contributed by atoms with van der Waals surface area (Å²) in [5.41, 5.74) is 0.696. The molecule has 0 radical (unpaired) electrons. The second-order valence-electron chi connectivity index (χ2n) is 4.97. The van der Waals surface area contributed by atoms with E-state index in [0.29, 0.717) is 13.2 Å². The average molecular weight is 391 g/mol. The molecule has 1 N–H and O–H groups in total. The van der Waals surface area contributed by atoms with Crippen molar-refractivity contribution in [3.8, 4) is 0 Å². The number of aromatic nitrogens is 2. The van der Waals surface area contributed by atoms with Crippen LogP contribution in [-0.2, 0) is 21.5 Å². The number of halogens is 1. The van der Waals surface area contributed by atoms with Crippen LogP contribution in [0.2, 0.25) is 0 Å². The third kappa shape index (κ3) is 3.07. The van der Waals surface area contributed by atoms with Gasteiger partial charge in [0.1, 0.15) is 11.4 Å². The van der Waals surface area contributed by atoms with Crippen molar-refractivity contribution in [3.63, 3.8) is 0 Å². The smallest absolute Gasteiger partial charge is 0.163 e. The van der Waals surface area contributed by atoms with Crippen LogP contribution in [0.5, 0.6) is 0 Å². The Morgan fingerprint density at radius 3 is 2.60 bits per heavy atom. The van der Waals surface area contributed by atoms with Crippen molar-refractivity contribution in [1.29, 1.82) is 0 Å². The first-order chi connectivity index (χ1) is 9.66. The number of nitrogens with zero attached hydrogens (tertiary/aromatic N) is 2. The molecular formula is C14H22IN3O2. The lowest BCUT2D eigenvalue weighted by atomic mass is 9.93. The summed E-state index contributed by atoms with van der Waals surface area (Å²) >= 11 is 2.32. The molecule has 2 heterocycles. The number of rotatable bonds is 5. The number of hydrogen-bond donors (Lipinski definition) is 1. The molecule has 2 rings (SSSR count). The third-order valence-corrected chi connectivity index (χ3v) is 4.88. The fourth-order valence-corrected chi connectivity index (χ4v) is 3.27. The van der Waals surface area contributed by atoms with E-state index >= 15 is 0 Å². The Morgan fingerprint density at radius 1 is 1.35 bits per heavy atom. The number of hydrogen-bond acceptors (Lipinski definition) is 5. The van der Waals surface area contributed by atoms with Gasteiger partial charge in [0.25, 0.3) is 0 Å². The van der Waals surface area contributed by atoms with Crippen LogP contribution in [-0.4, -0.2) is 37.3 Å². The van der Waals surface area contributed by atoms with Crippen LogP contribution in [0, 0.1) is 3.57 Å². The summed E-state index contributed by atoms with van der Waals surface area (Å²) < 4.78 is 12.4. The molecule has 112 valence electrons. The summed E-state index contributed by atoms with van der Waals surface area (Å²) in [6.07, 6.45) is 3.63. The topological polar surface area (TPSA) is 56.3 Å². The minimum atomic E-state index is -0.406. The molecule has 6 heteroatoms. The maximum atomic E-state index is 5.80. The molecular weight excluding hydrogens is 369 g/mol. The molecule has 0 amide bonds. The Hall–Kier alpha value is -0.470. The van der Waals surface area contributed by atoms with Gasteiger partial charge in [0.15, 0.2) is 5.82 Å². The Kier molecular flexibility index (Phi) is 5.57. The molecule has 1 saturated heterocycles. The van der Waals surface area contributed by atoms with E-state index in [-0.39, 0.29) is 0 Å². The summed E-state index contributed by atoms with van der Waals surface area (Å²) in [5.74, 6) is 1.68. The summed E-state index contributed by atoms with van der Waals surface area (Å²) in [6, 6.07) is 0. The number of methoxy groups -OCH3 is 1. The molecule has 0 unspecified atom stereocenters. The molecule has 0 atom stereocenters. The summed E-state index contributed by atoms with van der Waals surface area (Å²) in [6.45, 7) is 3.56. The van der Waals surface area contributed by atoms with Crippen molar-refractivity contribution in [1.82, 2.24) is 9.97 Å². The minimum Gasteiger partial charge on any atom is -0.381 e. The first-order valence-corrected chi connectivity index (χ1v) is 8.12. The molecule has 0 aliphatic carbocycles. The monoisotopic (exact) mass is 391 g/mol. The lowest BCUT2D eigenvalue weighted by molar-refractivity contribution is -0.100. The average Bonchev–Trinajstić information content (AvgIpc) is 2.50. The van der Waals surface area contributed by atoms with Crippen LogP contribution in [0.25, 0.3) is 0 Å². The van der Waals surface area contributed by atoms with Crippen molar-refractivity contribution in [2.45, 2.75) is 38.2 Å². The quantitative estimate of drug-likeness (QED) is 0.783. The van der Waals surface area contributed by atoms with Crippen molar-refractivity contribution >= 4 is 28.4 Å². The van der Waals surface area contributed by atoms with E-state index in [1.807, 2.05) is 7.05 Å². The van der Waals surface area contributed by atoms with E-state index in [9.17, 15) is 0 Å². The van der Waals surface area contributed by atoms with Gasteiger partial charge < -0.3 is 14.8 Å². The highest BCUT2D eigenvalue weighted by atomic mass is 127. The normalized spacial score (nSPS) is 18.0. The Morgan fingerprint density at radius 2 is 2.05 bits per heavy atom. The van der Waals surface area contributed by atoms with E-state index in [1.54, 1.807) is 7.11 Å². The van der Waals surface area contributed by atoms with Crippen LogP contribution in [0.1, 0.15) is 37.7 Å². The molecule has 0 aromatic carbocycles. The molecule has 1 aromatic rings. The Labute approximate surface area is 134 Å². The number of nitrogens with one attached hydrogen (secondary N) is 1. The lowest BCUT2D eigenvalue weighted by Gasteiger charge is -2.34. The van der Waals surface area contributed by atoms with Gasteiger partial charge in [-0.2, -0.15) is 0 Å². The van der Waals surface area contributed by atoms with Gasteiger partial charge in [0.05, 0.1) is 9.26 Å². The zero-order valence-electron chi connectivity index (χ0n) is 12.3. The molecule has 1 aromatic heterocycles. The number of ether oxygens (including phenoxy) is 2. The molecule has 0 bridgehead atoms. The lowest BCUT2D eigenvalue weighted by Crippen LogP contribution is -2.38. The van der Waals surface area contributed by atoms with E-state index in [1.165, 1.54) is 0 Å². The predicted molar refractivity (Wildman–Crippen MR) is 87.0 cm³/mol. The van der Waals surface area contributed by atoms with Crippen LogP contribution in [0.3, 0.4) is 0 Å². The zero-order valence-corrected chi connectivity index (χ0v) is 14.5. The van der Waals surface area contributed by atoms with Crippen LogP contribution >= 0.6 is 22.6 Å². The van der Waals surface area contributed by atoms with Crippen molar-refractivity contribution in [2.75, 3.05) is 32.7 Å². The molecule has 5 nitrogen and oxygen atoms in total. The van der Waals surface area contributed by atoms with Gasteiger partial charge in [0.2, 0.25) is 0 Å². The standard InChI is InChI=1S/C14H22IN3O2/c1-4-5-10-11(15)12(16-2)18-13(17-10)14(19-3)6-8-20-9-7-14/h4-9H2,1-3H3,(H,16,17,18). The highest BCUT2D eigenvalue weighted by Gasteiger charge is 2.38. The third-order valence-electron chi connectivity index (χ3n) is 3.74. The first-order valence-electron chi connectivity index (χ1n) is 7.04. The largest absolute Gasteiger partial charge is 0.381 e. The van der Waals surface area contributed by atoms with Crippen molar-refractivity contribution in [2.24, 2.45) is 0 Å². The molecule has 1 aliphatic heterocycles. The maximum absolute atomic E-state index is 5.80. The van der Waals surface area contributed by atoms with Crippen molar-refractivity contribution < 1.29 is 9.47 Å².